The molecular formula is C6H12S4. The van der Waals surface area contributed by atoms with E-state index in [0.717, 1.165) is 12.8 Å². The lowest BCUT2D eigenvalue weighted by Crippen LogP contribution is -2.34. The van der Waals surface area contributed by atoms with E-state index in [9.17, 15) is 0 Å². The van der Waals surface area contributed by atoms with Crippen molar-refractivity contribution in [2.24, 2.45) is 0 Å². The van der Waals surface area contributed by atoms with Crippen molar-refractivity contribution in [3.8, 4) is 0 Å². The molecule has 0 bridgehead atoms. The molecule has 0 heterocycles. The predicted octanol–water partition coefficient (Wildman–Crippen LogP) is 1.97. The van der Waals surface area contributed by atoms with Gasteiger partial charge in [-0.05, 0) is 12.8 Å². The summed E-state index contributed by atoms with van der Waals surface area (Å²) in [5.41, 5.74) is 0. The zero-order valence-electron chi connectivity index (χ0n) is 5.51. The summed E-state index contributed by atoms with van der Waals surface area (Å²) in [6, 6.07) is 0. The predicted molar refractivity (Wildman–Crippen MR) is 60.3 cm³/mol. The van der Waals surface area contributed by atoms with Crippen molar-refractivity contribution in [1.82, 2.24) is 0 Å². The molecule has 4 heteroatoms. The van der Waals surface area contributed by atoms with E-state index in [2.05, 4.69) is 50.5 Å². The van der Waals surface area contributed by atoms with E-state index in [0.29, 0.717) is 21.0 Å². The first-order chi connectivity index (χ1) is 4.61. The van der Waals surface area contributed by atoms with E-state index in [4.69, 9.17) is 0 Å². The lowest BCUT2D eigenvalue weighted by molar-refractivity contribution is 0.561. The van der Waals surface area contributed by atoms with Gasteiger partial charge in [0.15, 0.2) is 0 Å². The Bertz CT molecular complexity index is 90.3. The maximum absolute atomic E-state index is 4.40. The Labute approximate surface area is 84.2 Å². The van der Waals surface area contributed by atoms with Gasteiger partial charge in [-0.2, -0.15) is 50.5 Å². The average molecular weight is 212 g/mol. The van der Waals surface area contributed by atoms with Crippen LogP contribution in [-0.2, 0) is 0 Å². The van der Waals surface area contributed by atoms with E-state index < -0.39 is 0 Å². The molecule has 4 atom stereocenters. The van der Waals surface area contributed by atoms with Crippen LogP contribution < -0.4 is 0 Å². The molecule has 0 amide bonds. The summed E-state index contributed by atoms with van der Waals surface area (Å²) < 4.78 is 0. The Morgan fingerprint density at radius 3 is 1.00 bits per heavy atom. The third-order valence-corrected chi connectivity index (χ3v) is 4.61. The molecule has 1 rings (SSSR count). The van der Waals surface area contributed by atoms with Crippen LogP contribution in [0.4, 0.5) is 0 Å². The van der Waals surface area contributed by atoms with Gasteiger partial charge in [-0.25, -0.2) is 0 Å². The fraction of sp³-hybridized carbons (Fsp3) is 1.00. The number of hydrogen-bond donors (Lipinski definition) is 4. The summed E-state index contributed by atoms with van der Waals surface area (Å²) in [6.07, 6.45) is 2.04. The van der Waals surface area contributed by atoms with Gasteiger partial charge in [-0.1, -0.05) is 0 Å². The van der Waals surface area contributed by atoms with Crippen LogP contribution >= 0.6 is 50.5 Å². The van der Waals surface area contributed by atoms with Crippen molar-refractivity contribution in [1.29, 1.82) is 0 Å². The molecule has 10 heavy (non-hydrogen) atoms. The van der Waals surface area contributed by atoms with Crippen LogP contribution in [0.3, 0.4) is 0 Å². The lowest BCUT2D eigenvalue weighted by Gasteiger charge is -2.32. The summed E-state index contributed by atoms with van der Waals surface area (Å²) in [6.45, 7) is 0. The fourth-order valence-electron chi connectivity index (χ4n) is 1.12. The quantitative estimate of drug-likeness (QED) is 0.434. The Kier molecular flexibility index (Phi) is 3.68. The summed E-state index contributed by atoms with van der Waals surface area (Å²) in [5.74, 6) is 0. The van der Waals surface area contributed by atoms with Gasteiger partial charge in [0.2, 0.25) is 0 Å². The van der Waals surface area contributed by atoms with Crippen molar-refractivity contribution in [3.05, 3.63) is 0 Å². The summed E-state index contributed by atoms with van der Waals surface area (Å²) in [7, 11) is 0. The van der Waals surface area contributed by atoms with Crippen LogP contribution in [-0.4, -0.2) is 21.0 Å². The molecule has 4 unspecified atom stereocenters. The molecule has 1 aliphatic carbocycles. The maximum Gasteiger partial charge on any atom is 0.0145 e. The number of thiol groups is 4. The van der Waals surface area contributed by atoms with E-state index >= 15 is 0 Å². The third-order valence-electron chi connectivity index (χ3n) is 1.85. The van der Waals surface area contributed by atoms with E-state index in [-0.39, 0.29) is 0 Å². The molecule has 0 aliphatic heterocycles. The summed E-state index contributed by atoms with van der Waals surface area (Å²) in [4.78, 5) is 0. The Morgan fingerprint density at radius 2 is 0.800 bits per heavy atom. The molecule has 0 radical (unpaired) electrons. The Hall–Kier alpha value is 1.40. The van der Waals surface area contributed by atoms with Gasteiger partial charge in [-0.3, -0.25) is 0 Å². The molecule has 0 spiro atoms. The Balaban J connectivity index is 2.46. The minimum Gasteiger partial charge on any atom is -0.175 e. The van der Waals surface area contributed by atoms with E-state index in [1.54, 1.807) is 0 Å². The van der Waals surface area contributed by atoms with Crippen molar-refractivity contribution in [3.63, 3.8) is 0 Å². The summed E-state index contributed by atoms with van der Waals surface area (Å²) in [5, 5.41) is 1.59. The highest BCUT2D eigenvalue weighted by molar-refractivity contribution is 7.86. The van der Waals surface area contributed by atoms with Gasteiger partial charge in [-0.15, -0.1) is 0 Å². The first-order valence-corrected chi connectivity index (χ1v) is 5.40. The van der Waals surface area contributed by atoms with Crippen LogP contribution in [0, 0.1) is 0 Å². The maximum atomic E-state index is 4.40. The molecular weight excluding hydrogens is 200 g/mol. The van der Waals surface area contributed by atoms with Crippen LogP contribution in [0.15, 0.2) is 0 Å². The number of hydrogen-bond acceptors (Lipinski definition) is 4. The Morgan fingerprint density at radius 1 is 0.600 bits per heavy atom. The minimum atomic E-state index is 0.397. The summed E-state index contributed by atoms with van der Waals surface area (Å²) >= 11 is 17.6. The van der Waals surface area contributed by atoms with Gasteiger partial charge in [0.05, 0.1) is 0 Å². The zero-order chi connectivity index (χ0) is 7.72. The standard InChI is InChI=1S/C6H12S4/c7-3-1-4(8)6(10)2-5(3)9/h3-10H,1-2H2. The SMILES string of the molecule is SC1CC(S)C(S)CC1S. The molecule has 0 aromatic rings. The van der Waals surface area contributed by atoms with Crippen molar-refractivity contribution in [2.75, 3.05) is 0 Å². The van der Waals surface area contributed by atoms with Crippen LogP contribution in [0.2, 0.25) is 0 Å². The highest BCUT2D eigenvalue weighted by Gasteiger charge is 2.29. The molecule has 0 saturated heterocycles. The normalized spacial score (nSPS) is 49.2. The number of rotatable bonds is 0. The van der Waals surface area contributed by atoms with Crippen molar-refractivity contribution >= 4 is 50.5 Å². The minimum absolute atomic E-state index is 0.397. The molecule has 1 fully saturated rings. The van der Waals surface area contributed by atoms with Gasteiger partial charge in [0.1, 0.15) is 0 Å². The second kappa shape index (κ2) is 3.87. The molecule has 0 nitrogen and oxygen atoms in total. The largest absolute Gasteiger partial charge is 0.175 e. The topological polar surface area (TPSA) is 0 Å². The third kappa shape index (κ3) is 2.19. The highest BCUT2D eigenvalue weighted by Crippen LogP contribution is 2.32. The van der Waals surface area contributed by atoms with Gasteiger partial charge in [0.25, 0.3) is 0 Å². The second-order valence-corrected chi connectivity index (χ2v) is 5.39. The zero-order valence-corrected chi connectivity index (χ0v) is 9.09. The fourth-order valence-corrected chi connectivity index (χ4v) is 2.85. The van der Waals surface area contributed by atoms with E-state index in [1.807, 2.05) is 0 Å². The molecule has 0 aromatic carbocycles. The first kappa shape index (κ1) is 9.49. The molecule has 0 aromatic heterocycles. The molecule has 1 aliphatic rings. The van der Waals surface area contributed by atoms with Crippen LogP contribution in [0.5, 0.6) is 0 Å². The molecule has 1 saturated carbocycles. The van der Waals surface area contributed by atoms with Gasteiger partial charge < -0.3 is 0 Å². The smallest absolute Gasteiger partial charge is 0.0145 e. The van der Waals surface area contributed by atoms with Crippen molar-refractivity contribution < 1.29 is 0 Å². The van der Waals surface area contributed by atoms with Crippen LogP contribution in [0.25, 0.3) is 0 Å². The second-order valence-electron chi connectivity index (χ2n) is 2.74. The average Bonchev–Trinajstić information content (AvgIpc) is 1.84. The first-order valence-electron chi connectivity index (χ1n) is 3.33. The lowest BCUT2D eigenvalue weighted by atomic mass is 9.98. The van der Waals surface area contributed by atoms with Crippen LogP contribution in [0.1, 0.15) is 12.8 Å². The van der Waals surface area contributed by atoms with E-state index in [1.165, 1.54) is 0 Å². The van der Waals surface area contributed by atoms with Gasteiger partial charge in [0, 0.05) is 21.0 Å². The molecule has 0 N–H and O–H groups in total. The van der Waals surface area contributed by atoms with Gasteiger partial charge >= 0.3 is 0 Å². The van der Waals surface area contributed by atoms with Crippen molar-refractivity contribution in [2.45, 2.75) is 33.8 Å². The monoisotopic (exact) mass is 212 g/mol. The molecule has 60 valence electrons. The highest BCUT2D eigenvalue weighted by atomic mass is 32.1.